The van der Waals surface area contributed by atoms with E-state index in [9.17, 15) is 14.3 Å². The van der Waals surface area contributed by atoms with Crippen molar-refractivity contribution in [2.45, 2.75) is 50.7 Å². The van der Waals surface area contributed by atoms with Crippen molar-refractivity contribution >= 4 is 5.78 Å². The van der Waals surface area contributed by atoms with Crippen molar-refractivity contribution < 1.29 is 33.2 Å². The number of ether oxygens (including phenoxy) is 4. The monoisotopic (exact) mass is 413 g/mol. The van der Waals surface area contributed by atoms with Gasteiger partial charge in [-0.1, -0.05) is 0 Å². The average molecular weight is 413 g/mol. The zero-order valence-corrected chi connectivity index (χ0v) is 17.0. The summed E-state index contributed by atoms with van der Waals surface area (Å²) in [5.41, 5.74) is 1.32. The highest BCUT2D eigenvalue weighted by molar-refractivity contribution is 6.05. The Morgan fingerprint density at radius 3 is 2.80 bits per heavy atom. The van der Waals surface area contributed by atoms with Crippen LogP contribution in [0.15, 0.2) is 24.3 Å². The van der Waals surface area contributed by atoms with Gasteiger partial charge in [-0.2, -0.15) is 0 Å². The first-order valence-electron chi connectivity index (χ1n) is 9.98. The number of carbonyl (C=O) groups excluding carboxylic acids is 1. The molecule has 0 aromatic heterocycles. The summed E-state index contributed by atoms with van der Waals surface area (Å²) in [6.45, 7) is 3.40. The fourth-order valence-electron chi connectivity index (χ4n) is 4.50. The second-order valence-electron chi connectivity index (χ2n) is 8.47. The number of rotatable bonds is 2. The van der Waals surface area contributed by atoms with Gasteiger partial charge in [0.2, 0.25) is 0 Å². The first-order chi connectivity index (χ1) is 14.3. The van der Waals surface area contributed by atoms with Gasteiger partial charge in [0.05, 0.1) is 25.2 Å². The number of Topliss-reactive ketones (excluding diaryl/α,β-unsaturated/α-hetero) is 1. The van der Waals surface area contributed by atoms with Crippen molar-refractivity contribution in [2.24, 2.45) is 0 Å². The Kier molecular flexibility index (Phi) is 4.22. The second kappa shape index (κ2) is 6.60. The number of methoxy groups -OCH3 is 1. The first-order valence-corrected chi connectivity index (χ1v) is 9.98. The highest BCUT2D eigenvalue weighted by atomic mass is 18.2. The van der Waals surface area contributed by atoms with E-state index in [0.717, 1.165) is 0 Å². The van der Waals surface area contributed by atoms with Crippen LogP contribution in [0.4, 0.5) is 4.39 Å². The van der Waals surface area contributed by atoms with E-state index in [-0.39, 0.29) is 25.4 Å². The van der Waals surface area contributed by atoms with Crippen molar-refractivity contribution in [1.82, 2.24) is 0 Å². The van der Waals surface area contributed by atoms with Crippen LogP contribution in [0.2, 0.25) is 0 Å². The summed E-state index contributed by atoms with van der Waals surface area (Å²) in [5, 5.41) is 9.57. The van der Waals surface area contributed by atoms with Crippen LogP contribution in [0.5, 0.6) is 23.0 Å². The van der Waals surface area contributed by atoms with Crippen molar-refractivity contribution in [2.75, 3.05) is 13.7 Å². The van der Waals surface area contributed by atoms with E-state index in [4.69, 9.17) is 18.9 Å². The minimum atomic E-state index is -1.21. The van der Waals surface area contributed by atoms with Gasteiger partial charge in [0.25, 0.3) is 0 Å². The lowest BCUT2D eigenvalue weighted by molar-refractivity contribution is 0.00279. The summed E-state index contributed by atoms with van der Waals surface area (Å²) in [6, 6.07) is 6.84. The SMILES string of the molecule is COc1cc2c(cc1CO)OC[C@H]1Oc3c(ccc4c3CC([18F])C(C)(C)O4)C(=O)[C@@H]21. The number of ketones is 1. The van der Waals surface area contributed by atoms with Crippen LogP contribution in [-0.4, -0.2) is 42.5 Å². The van der Waals surface area contributed by atoms with Gasteiger partial charge in [-0.25, -0.2) is 4.39 Å². The van der Waals surface area contributed by atoms with E-state index >= 15 is 0 Å². The highest BCUT2D eigenvalue weighted by Gasteiger charge is 2.46. The number of fused-ring (bicyclic) bond motifs is 6. The number of hydrogen-bond acceptors (Lipinski definition) is 6. The van der Waals surface area contributed by atoms with Gasteiger partial charge in [-0.15, -0.1) is 0 Å². The van der Waals surface area contributed by atoms with Crippen molar-refractivity contribution in [3.63, 3.8) is 0 Å². The molecule has 3 atom stereocenters. The number of benzene rings is 2. The van der Waals surface area contributed by atoms with Crippen molar-refractivity contribution in [3.05, 3.63) is 46.5 Å². The van der Waals surface area contributed by atoms with Crippen LogP contribution in [0.25, 0.3) is 0 Å². The molecule has 30 heavy (non-hydrogen) atoms. The Labute approximate surface area is 173 Å². The summed E-state index contributed by atoms with van der Waals surface area (Å²) < 4.78 is 38.0. The first kappa shape index (κ1) is 19.2. The van der Waals surface area contributed by atoms with Gasteiger partial charge in [0, 0.05) is 23.1 Å². The van der Waals surface area contributed by atoms with Gasteiger partial charge in [0.1, 0.15) is 47.5 Å². The molecule has 0 bridgehead atoms. The number of alkyl halides is 1. The molecule has 3 heterocycles. The number of carbonyl (C=O) groups is 1. The molecular weight excluding hydrogens is 390 g/mol. The fourth-order valence-corrected chi connectivity index (χ4v) is 4.50. The zero-order valence-electron chi connectivity index (χ0n) is 17.0. The normalized spacial score (nSPS) is 25.5. The molecule has 6 nitrogen and oxygen atoms in total. The van der Waals surface area contributed by atoms with Gasteiger partial charge < -0.3 is 24.1 Å². The molecular formula is C23H23FO6. The van der Waals surface area contributed by atoms with E-state index in [1.165, 1.54) is 7.11 Å². The molecule has 158 valence electrons. The Hall–Kier alpha value is -2.80. The lowest BCUT2D eigenvalue weighted by Crippen LogP contribution is -2.46. The lowest BCUT2D eigenvalue weighted by atomic mass is 9.80. The number of halogens is 1. The van der Waals surface area contributed by atoms with Gasteiger partial charge in [0.15, 0.2) is 5.78 Å². The minimum Gasteiger partial charge on any atom is -0.496 e. The number of hydrogen-bond donors (Lipinski definition) is 1. The van der Waals surface area contributed by atoms with Crippen LogP contribution in [0.1, 0.15) is 46.8 Å². The van der Waals surface area contributed by atoms with Crippen molar-refractivity contribution in [1.29, 1.82) is 0 Å². The topological polar surface area (TPSA) is 74.2 Å². The number of aliphatic hydroxyl groups is 1. The van der Waals surface area contributed by atoms with Crippen LogP contribution >= 0.6 is 0 Å². The minimum absolute atomic E-state index is 0.104. The maximum absolute atomic E-state index is 14.7. The maximum atomic E-state index is 14.7. The average Bonchev–Trinajstić information content (AvgIpc) is 2.73. The molecule has 7 heteroatoms. The van der Waals surface area contributed by atoms with E-state index in [1.54, 1.807) is 38.1 Å². The predicted molar refractivity (Wildman–Crippen MR) is 106 cm³/mol. The zero-order chi connectivity index (χ0) is 21.2. The molecule has 0 fully saturated rings. The molecule has 1 unspecified atom stereocenters. The molecule has 0 amide bonds. The molecule has 0 aliphatic carbocycles. The highest BCUT2D eigenvalue weighted by Crippen LogP contribution is 2.49. The predicted octanol–water partition coefficient (Wildman–Crippen LogP) is 3.36. The van der Waals surface area contributed by atoms with E-state index in [0.29, 0.717) is 45.3 Å². The summed E-state index contributed by atoms with van der Waals surface area (Å²) >= 11 is 0. The molecule has 5 rings (SSSR count). The molecule has 2 aromatic carbocycles. The third-order valence-corrected chi connectivity index (χ3v) is 6.24. The molecule has 3 aliphatic rings. The molecule has 0 spiro atoms. The smallest absolute Gasteiger partial charge is 0.178 e. The Bertz CT molecular complexity index is 1050. The van der Waals surface area contributed by atoms with E-state index < -0.39 is 23.8 Å². The van der Waals surface area contributed by atoms with Gasteiger partial charge >= 0.3 is 0 Å². The second-order valence-corrected chi connectivity index (χ2v) is 8.47. The maximum Gasteiger partial charge on any atom is 0.178 e. The van der Waals surface area contributed by atoms with Gasteiger partial charge in [-0.3, -0.25) is 4.79 Å². The third kappa shape index (κ3) is 2.68. The largest absolute Gasteiger partial charge is 0.496 e. The Balaban J connectivity index is 1.60. The fraction of sp³-hybridized carbons (Fsp3) is 0.435. The Morgan fingerprint density at radius 2 is 2.07 bits per heavy atom. The van der Waals surface area contributed by atoms with Gasteiger partial charge in [-0.05, 0) is 38.1 Å². The van der Waals surface area contributed by atoms with Crippen molar-refractivity contribution in [3.8, 4) is 23.0 Å². The third-order valence-electron chi connectivity index (χ3n) is 6.24. The molecule has 1 N–H and O–H groups in total. The van der Waals surface area contributed by atoms with Crippen LogP contribution in [-0.2, 0) is 13.0 Å². The Morgan fingerprint density at radius 1 is 1.27 bits per heavy atom. The summed E-state index contributed by atoms with van der Waals surface area (Å²) in [4.78, 5) is 13.5. The summed E-state index contributed by atoms with van der Waals surface area (Å²) in [7, 11) is 1.51. The molecule has 3 aliphatic heterocycles. The quantitative estimate of drug-likeness (QED) is 0.814. The van der Waals surface area contributed by atoms with E-state index in [2.05, 4.69) is 0 Å². The summed E-state index contributed by atoms with van der Waals surface area (Å²) in [6.07, 6.45) is -1.62. The lowest BCUT2D eigenvalue weighted by Gasteiger charge is -2.41. The molecule has 0 saturated carbocycles. The molecule has 0 saturated heterocycles. The van der Waals surface area contributed by atoms with E-state index in [1.807, 2.05) is 0 Å². The van der Waals surface area contributed by atoms with Crippen LogP contribution in [0.3, 0.4) is 0 Å². The van der Waals surface area contributed by atoms with Crippen LogP contribution in [0, 0.1) is 0 Å². The molecule has 2 aromatic rings. The molecule has 0 radical (unpaired) electrons. The standard InChI is InChI=1S/C23H23FO6/c1-23(2)19(24)8-14-15(30-23)5-4-12-21(26)20-13-7-16(27-3)11(9-25)6-17(13)28-10-18(20)29-22(12)14/h4-7,18-20,25H,8-10H2,1-3H3/t18-,19?,20+/m1/s1/i24-1. The summed E-state index contributed by atoms with van der Waals surface area (Å²) in [5.74, 6) is 1.29. The number of aliphatic hydroxyl groups excluding tert-OH is 1. The van der Waals surface area contributed by atoms with Crippen LogP contribution < -0.4 is 18.9 Å².